The van der Waals surface area contributed by atoms with Crippen LogP contribution in [-0.2, 0) is 0 Å². The van der Waals surface area contributed by atoms with Gasteiger partial charge in [0, 0.05) is 19.4 Å². The Balaban J connectivity index is 1.74. The fourth-order valence-electron chi connectivity index (χ4n) is 2.35. The van der Waals surface area contributed by atoms with Crippen LogP contribution in [0.5, 0.6) is 11.5 Å². The zero-order valence-electron chi connectivity index (χ0n) is 15.1. The summed E-state index contributed by atoms with van der Waals surface area (Å²) in [5.74, 6) is 0.282. The molecule has 0 spiro atoms. The molecule has 1 heterocycles. The molecule has 6 heteroatoms. The first-order valence-electron chi connectivity index (χ1n) is 8.30. The van der Waals surface area contributed by atoms with Crippen LogP contribution < -0.4 is 14.5 Å². The van der Waals surface area contributed by atoms with Gasteiger partial charge in [0.05, 0.1) is 24.6 Å². The third kappa shape index (κ3) is 4.70. The number of aromatic nitrogens is 1. The van der Waals surface area contributed by atoms with Crippen molar-refractivity contribution in [1.29, 1.82) is 0 Å². The molecular formula is C21H19N3O3. The summed E-state index contributed by atoms with van der Waals surface area (Å²) in [6, 6.07) is 18.4. The van der Waals surface area contributed by atoms with Crippen LogP contribution in [0.4, 0.5) is 5.69 Å². The zero-order chi connectivity index (χ0) is 19.1. The van der Waals surface area contributed by atoms with Crippen LogP contribution in [0.1, 0.15) is 15.9 Å². The molecule has 0 atom stereocenters. The van der Waals surface area contributed by atoms with E-state index in [-0.39, 0.29) is 0 Å². The van der Waals surface area contributed by atoms with Crippen molar-refractivity contribution in [2.24, 2.45) is 5.10 Å². The van der Waals surface area contributed by atoms with Crippen LogP contribution >= 0.6 is 0 Å². The number of hydrogen-bond donors (Lipinski definition) is 0. The van der Waals surface area contributed by atoms with Crippen molar-refractivity contribution in [2.45, 2.75) is 0 Å². The van der Waals surface area contributed by atoms with Crippen LogP contribution in [-0.4, -0.2) is 31.3 Å². The first-order valence-corrected chi connectivity index (χ1v) is 8.30. The Morgan fingerprint density at radius 1 is 1.07 bits per heavy atom. The maximum absolute atomic E-state index is 12.2. The molecule has 0 fully saturated rings. The Bertz CT molecular complexity index is 928. The van der Waals surface area contributed by atoms with Crippen molar-refractivity contribution in [3.63, 3.8) is 0 Å². The third-order valence-electron chi connectivity index (χ3n) is 3.80. The summed E-state index contributed by atoms with van der Waals surface area (Å²) in [5, 5.41) is 6.18. The largest absolute Gasteiger partial charge is 0.493 e. The minimum atomic E-state index is -0.494. The monoisotopic (exact) mass is 361 g/mol. The SMILES string of the molecule is COc1cc(/C=N\N(C)c2ccccc2)ccc1OC(=O)c1cccnc1. The summed E-state index contributed by atoms with van der Waals surface area (Å²) in [7, 11) is 3.39. The molecule has 136 valence electrons. The molecule has 0 aliphatic heterocycles. The van der Waals surface area contributed by atoms with Gasteiger partial charge in [0.2, 0.25) is 0 Å². The molecular weight excluding hydrogens is 342 g/mol. The number of ether oxygens (including phenoxy) is 2. The third-order valence-corrected chi connectivity index (χ3v) is 3.80. The maximum atomic E-state index is 12.2. The Morgan fingerprint density at radius 2 is 1.89 bits per heavy atom. The number of esters is 1. The van der Waals surface area contributed by atoms with Gasteiger partial charge in [-0.25, -0.2) is 4.79 Å². The van der Waals surface area contributed by atoms with Crippen molar-refractivity contribution < 1.29 is 14.3 Å². The summed E-state index contributed by atoms with van der Waals surface area (Å²) in [6.45, 7) is 0. The second-order valence-electron chi connectivity index (χ2n) is 5.65. The molecule has 0 bridgehead atoms. The van der Waals surface area contributed by atoms with Gasteiger partial charge in [0.25, 0.3) is 0 Å². The van der Waals surface area contributed by atoms with Gasteiger partial charge in [-0.15, -0.1) is 0 Å². The highest BCUT2D eigenvalue weighted by molar-refractivity contribution is 5.91. The summed E-state index contributed by atoms with van der Waals surface area (Å²) < 4.78 is 10.8. The average molecular weight is 361 g/mol. The van der Waals surface area contributed by atoms with Crippen LogP contribution in [0.25, 0.3) is 0 Å². The molecule has 0 unspecified atom stereocenters. The van der Waals surface area contributed by atoms with E-state index in [1.807, 2.05) is 37.4 Å². The van der Waals surface area contributed by atoms with Crippen molar-refractivity contribution in [3.8, 4) is 11.5 Å². The predicted octanol–water partition coefficient (Wildman–Crippen LogP) is 3.78. The number of nitrogens with zero attached hydrogens (tertiary/aromatic N) is 3. The van der Waals surface area contributed by atoms with E-state index in [1.165, 1.54) is 13.3 Å². The van der Waals surface area contributed by atoms with Gasteiger partial charge in [-0.1, -0.05) is 18.2 Å². The molecule has 0 aliphatic rings. The normalized spacial score (nSPS) is 10.6. The summed E-state index contributed by atoms with van der Waals surface area (Å²) in [5.41, 5.74) is 2.16. The number of methoxy groups -OCH3 is 1. The van der Waals surface area contributed by atoms with Crippen molar-refractivity contribution in [1.82, 2.24) is 4.98 Å². The molecule has 3 aromatic rings. The smallest absolute Gasteiger partial charge is 0.345 e. The van der Waals surface area contributed by atoms with E-state index in [0.29, 0.717) is 17.1 Å². The van der Waals surface area contributed by atoms with E-state index < -0.39 is 5.97 Å². The van der Waals surface area contributed by atoms with Crippen LogP contribution in [0.3, 0.4) is 0 Å². The predicted molar refractivity (Wildman–Crippen MR) is 105 cm³/mol. The Kier molecular flexibility index (Phi) is 5.79. The Morgan fingerprint density at radius 3 is 2.59 bits per heavy atom. The highest BCUT2D eigenvalue weighted by Gasteiger charge is 2.12. The molecule has 1 aromatic heterocycles. The highest BCUT2D eigenvalue weighted by Crippen LogP contribution is 2.28. The molecule has 0 saturated heterocycles. The number of para-hydroxylation sites is 1. The number of pyridine rings is 1. The highest BCUT2D eigenvalue weighted by atomic mass is 16.6. The number of hydrogen-bond acceptors (Lipinski definition) is 6. The molecule has 0 amide bonds. The maximum Gasteiger partial charge on any atom is 0.345 e. The topological polar surface area (TPSA) is 64.0 Å². The zero-order valence-corrected chi connectivity index (χ0v) is 15.1. The number of anilines is 1. The number of hydrazone groups is 1. The lowest BCUT2D eigenvalue weighted by atomic mass is 10.2. The number of carbonyl (C=O) groups excluding carboxylic acids is 1. The van der Waals surface area contributed by atoms with E-state index in [9.17, 15) is 4.79 Å². The molecule has 0 aliphatic carbocycles. The van der Waals surface area contributed by atoms with E-state index >= 15 is 0 Å². The van der Waals surface area contributed by atoms with Crippen LogP contribution in [0.2, 0.25) is 0 Å². The lowest BCUT2D eigenvalue weighted by Gasteiger charge is -2.13. The Hall–Kier alpha value is -3.67. The molecule has 27 heavy (non-hydrogen) atoms. The molecule has 0 N–H and O–H groups in total. The van der Waals surface area contributed by atoms with Crippen LogP contribution in [0.15, 0.2) is 78.2 Å². The quantitative estimate of drug-likeness (QED) is 0.289. The van der Waals surface area contributed by atoms with E-state index in [2.05, 4.69) is 10.1 Å². The van der Waals surface area contributed by atoms with Gasteiger partial charge in [0.1, 0.15) is 0 Å². The molecule has 0 radical (unpaired) electrons. The minimum Gasteiger partial charge on any atom is -0.493 e. The second kappa shape index (κ2) is 8.62. The standard InChI is InChI=1S/C21H19N3O3/c1-24(18-8-4-3-5-9-18)23-14-16-10-11-19(20(13-16)26-2)27-21(25)17-7-6-12-22-15-17/h3-15H,1-2H3/b23-14-. The molecule has 0 saturated carbocycles. The number of carbonyl (C=O) groups is 1. The van der Waals surface area contributed by atoms with Crippen molar-refractivity contribution in [2.75, 3.05) is 19.2 Å². The lowest BCUT2D eigenvalue weighted by molar-refractivity contribution is 0.0729. The number of rotatable bonds is 6. The van der Waals surface area contributed by atoms with E-state index in [1.54, 1.807) is 47.8 Å². The summed E-state index contributed by atoms with van der Waals surface area (Å²) in [4.78, 5) is 16.1. The van der Waals surface area contributed by atoms with E-state index in [4.69, 9.17) is 9.47 Å². The Labute approximate surface area is 157 Å². The lowest BCUT2D eigenvalue weighted by Crippen LogP contribution is -2.10. The second-order valence-corrected chi connectivity index (χ2v) is 5.65. The summed E-state index contributed by atoms with van der Waals surface area (Å²) in [6.07, 6.45) is 4.76. The van der Waals surface area contributed by atoms with Gasteiger partial charge in [0.15, 0.2) is 11.5 Å². The summed E-state index contributed by atoms with van der Waals surface area (Å²) >= 11 is 0. The van der Waals surface area contributed by atoms with E-state index in [0.717, 1.165) is 11.3 Å². The van der Waals surface area contributed by atoms with Gasteiger partial charge in [-0.2, -0.15) is 5.10 Å². The van der Waals surface area contributed by atoms with Crippen molar-refractivity contribution >= 4 is 17.9 Å². The fourth-order valence-corrected chi connectivity index (χ4v) is 2.35. The molecule has 6 nitrogen and oxygen atoms in total. The molecule has 3 rings (SSSR count). The molecule has 2 aromatic carbocycles. The van der Waals surface area contributed by atoms with Gasteiger partial charge in [-0.05, 0) is 48.0 Å². The fraction of sp³-hybridized carbons (Fsp3) is 0.0952. The van der Waals surface area contributed by atoms with Gasteiger partial charge < -0.3 is 9.47 Å². The van der Waals surface area contributed by atoms with Gasteiger partial charge in [-0.3, -0.25) is 9.99 Å². The first kappa shape index (κ1) is 18.1. The minimum absolute atomic E-state index is 0.333. The van der Waals surface area contributed by atoms with Crippen LogP contribution in [0, 0.1) is 0 Å². The average Bonchev–Trinajstić information content (AvgIpc) is 2.74. The van der Waals surface area contributed by atoms with Crippen molar-refractivity contribution in [3.05, 3.63) is 84.2 Å². The number of benzene rings is 2. The first-order chi connectivity index (χ1) is 13.2. The van der Waals surface area contributed by atoms with Gasteiger partial charge >= 0.3 is 5.97 Å².